The Bertz CT molecular complexity index is 123. The summed E-state index contributed by atoms with van der Waals surface area (Å²) < 4.78 is 4.37. The molecule has 0 atom stereocenters. The second-order valence-electron chi connectivity index (χ2n) is 2.59. The molecule has 0 saturated carbocycles. The number of ether oxygens (including phenoxy) is 1. The molecule has 11 heavy (non-hydrogen) atoms. The quantitative estimate of drug-likeness (QED) is 0.545. The van der Waals surface area contributed by atoms with Gasteiger partial charge in [0.1, 0.15) is 5.78 Å². The van der Waals surface area contributed by atoms with Crippen LogP contribution in [0.15, 0.2) is 0 Å². The zero-order valence-corrected chi connectivity index (χ0v) is 7.80. The Morgan fingerprint density at radius 3 is 1.45 bits per heavy atom. The molecule has 3 nitrogen and oxygen atoms in total. The molecular weight excluding hydrogens is 144 g/mol. The minimum absolute atomic E-state index is 0.00463. The third-order valence-corrected chi connectivity index (χ3v) is 0.673. The summed E-state index contributed by atoms with van der Waals surface area (Å²) in [6.45, 7) is 6.65. The molecule has 0 fully saturated rings. The van der Waals surface area contributed by atoms with Crippen molar-refractivity contribution in [3.8, 4) is 0 Å². The van der Waals surface area contributed by atoms with Crippen LogP contribution in [-0.4, -0.2) is 18.9 Å². The lowest BCUT2D eigenvalue weighted by Gasteiger charge is -1.97. The Labute approximate surface area is 67.7 Å². The van der Waals surface area contributed by atoms with E-state index in [-0.39, 0.29) is 17.7 Å². The molecule has 0 aromatic heterocycles. The van der Waals surface area contributed by atoms with E-state index in [0.29, 0.717) is 0 Å². The molecule has 66 valence electrons. The third kappa shape index (κ3) is 17.6. The lowest BCUT2D eigenvalue weighted by molar-refractivity contribution is -0.144. The van der Waals surface area contributed by atoms with Crippen molar-refractivity contribution in [1.29, 1.82) is 0 Å². The van der Waals surface area contributed by atoms with Gasteiger partial charge < -0.3 is 9.53 Å². The molecule has 0 aromatic carbocycles. The van der Waals surface area contributed by atoms with Gasteiger partial charge in [0.2, 0.25) is 0 Å². The minimum Gasteiger partial charge on any atom is -0.469 e. The van der Waals surface area contributed by atoms with Crippen molar-refractivity contribution in [2.75, 3.05) is 7.11 Å². The van der Waals surface area contributed by atoms with Gasteiger partial charge in [0.25, 0.3) is 0 Å². The Balaban J connectivity index is 0. The van der Waals surface area contributed by atoms with E-state index in [4.69, 9.17) is 0 Å². The number of hydrogen-bond acceptors (Lipinski definition) is 3. The van der Waals surface area contributed by atoms with Crippen LogP contribution in [0.4, 0.5) is 0 Å². The van der Waals surface area contributed by atoms with Gasteiger partial charge in [-0.2, -0.15) is 0 Å². The summed E-state index contributed by atoms with van der Waals surface area (Å²) >= 11 is 0. The highest BCUT2D eigenvalue weighted by atomic mass is 16.5. The molecule has 0 unspecified atom stereocenters. The fourth-order valence-corrected chi connectivity index (χ4v) is 0.236. The number of carbonyl (C=O) groups is 2. The average Bonchev–Trinajstić information content (AvgIpc) is 1.85. The molecule has 0 aromatic rings. The molecule has 0 aliphatic heterocycles. The molecule has 0 aliphatic rings. The number of hydrogen-bond donors (Lipinski definition) is 0. The van der Waals surface area contributed by atoms with Crippen LogP contribution in [0.1, 0.15) is 27.7 Å². The summed E-state index contributed by atoms with van der Waals surface area (Å²) in [5.74, 6) is 0.0185. The zero-order chi connectivity index (χ0) is 9.44. The maximum atomic E-state index is 10.3. The summed E-state index contributed by atoms with van der Waals surface area (Å²) in [6.07, 6.45) is 0. The summed E-state index contributed by atoms with van der Waals surface area (Å²) in [4.78, 5) is 19.7. The van der Waals surface area contributed by atoms with E-state index in [1.54, 1.807) is 13.8 Å². The number of Topliss-reactive ketones (excluding diaryl/α,β-unsaturated/α-hetero) is 1. The van der Waals surface area contributed by atoms with E-state index in [0.717, 1.165) is 0 Å². The van der Waals surface area contributed by atoms with Crippen LogP contribution in [0.2, 0.25) is 0 Å². The highest BCUT2D eigenvalue weighted by molar-refractivity contribution is 5.72. The van der Waals surface area contributed by atoms with Crippen molar-refractivity contribution in [2.45, 2.75) is 27.7 Å². The number of esters is 1. The molecule has 0 radical (unpaired) electrons. The Kier molecular flexibility index (Phi) is 8.43. The number of rotatable bonds is 1. The van der Waals surface area contributed by atoms with Gasteiger partial charge in [0.15, 0.2) is 0 Å². The van der Waals surface area contributed by atoms with E-state index in [1.807, 2.05) is 0 Å². The van der Waals surface area contributed by atoms with E-state index in [1.165, 1.54) is 21.0 Å². The van der Waals surface area contributed by atoms with Crippen LogP contribution in [0.25, 0.3) is 0 Å². The van der Waals surface area contributed by atoms with Gasteiger partial charge in [-0.3, -0.25) is 4.79 Å². The molecule has 0 amide bonds. The van der Waals surface area contributed by atoms with E-state index < -0.39 is 0 Å². The van der Waals surface area contributed by atoms with E-state index in [2.05, 4.69) is 4.74 Å². The largest absolute Gasteiger partial charge is 0.469 e. The van der Waals surface area contributed by atoms with Gasteiger partial charge in [0.05, 0.1) is 13.0 Å². The minimum atomic E-state index is -0.153. The van der Waals surface area contributed by atoms with Crippen molar-refractivity contribution in [3.63, 3.8) is 0 Å². The van der Waals surface area contributed by atoms with Crippen LogP contribution in [0.5, 0.6) is 0 Å². The molecule has 0 spiro atoms. The lowest BCUT2D eigenvalue weighted by atomic mass is 10.2. The Morgan fingerprint density at radius 2 is 1.45 bits per heavy atom. The molecule has 3 heteroatoms. The summed E-state index contributed by atoms with van der Waals surface area (Å²) in [5.41, 5.74) is 0. The Hall–Kier alpha value is -0.860. The average molecular weight is 160 g/mol. The normalized spacial score (nSPS) is 8.18. The van der Waals surface area contributed by atoms with Gasteiger partial charge in [-0.1, -0.05) is 13.8 Å². The predicted molar refractivity (Wildman–Crippen MR) is 43.2 cm³/mol. The molecule has 0 bridgehead atoms. The monoisotopic (exact) mass is 160 g/mol. The zero-order valence-electron chi connectivity index (χ0n) is 7.80. The predicted octanol–water partition coefficient (Wildman–Crippen LogP) is 1.41. The van der Waals surface area contributed by atoms with Crippen LogP contribution >= 0.6 is 0 Å². The SMILES string of the molecule is CC(C)=O.COC(=O)C(C)C. The van der Waals surface area contributed by atoms with Gasteiger partial charge >= 0.3 is 5.97 Å². The van der Waals surface area contributed by atoms with Crippen molar-refractivity contribution in [2.24, 2.45) is 5.92 Å². The Morgan fingerprint density at radius 1 is 1.18 bits per heavy atom. The number of methoxy groups -OCH3 is 1. The van der Waals surface area contributed by atoms with Crippen LogP contribution in [-0.2, 0) is 14.3 Å². The van der Waals surface area contributed by atoms with Gasteiger partial charge in [0, 0.05) is 0 Å². The van der Waals surface area contributed by atoms with Crippen LogP contribution < -0.4 is 0 Å². The third-order valence-electron chi connectivity index (χ3n) is 0.673. The van der Waals surface area contributed by atoms with Crippen molar-refractivity contribution in [3.05, 3.63) is 0 Å². The number of ketones is 1. The molecule has 0 N–H and O–H groups in total. The first-order valence-corrected chi connectivity index (χ1v) is 3.46. The lowest BCUT2D eigenvalue weighted by Crippen LogP contribution is -2.07. The second kappa shape index (κ2) is 7.25. The van der Waals surface area contributed by atoms with E-state index in [9.17, 15) is 9.59 Å². The highest BCUT2D eigenvalue weighted by Gasteiger charge is 2.03. The topological polar surface area (TPSA) is 43.4 Å². The van der Waals surface area contributed by atoms with Crippen molar-refractivity contribution < 1.29 is 14.3 Å². The molecule has 0 aliphatic carbocycles. The smallest absolute Gasteiger partial charge is 0.308 e. The first-order chi connectivity index (χ1) is 4.91. The van der Waals surface area contributed by atoms with Crippen LogP contribution in [0.3, 0.4) is 0 Å². The molecule has 0 saturated heterocycles. The number of carbonyl (C=O) groups excluding carboxylic acids is 2. The van der Waals surface area contributed by atoms with Crippen LogP contribution in [0, 0.1) is 5.92 Å². The molecule has 0 rings (SSSR count). The van der Waals surface area contributed by atoms with Crippen molar-refractivity contribution in [1.82, 2.24) is 0 Å². The fraction of sp³-hybridized carbons (Fsp3) is 0.750. The fourth-order valence-electron chi connectivity index (χ4n) is 0.236. The summed E-state index contributed by atoms with van der Waals surface area (Å²) in [5, 5.41) is 0. The van der Waals surface area contributed by atoms with E-state index >= 15 is 0 Å². The van der Waals surface area contributed by atoms with Gasteiger partial charge in [-0.25, -0.2) is 0 Å². The maximum Gasteiger partial charge on any atom is 0.308 e. The standard InChI is InChI=1S/C5H10O2.C3H6O/c1-4(2)5(6)7-3;1-3(2)4/h4H,1-3H3;1-2H3. The van der Waals surface area contributed by atoms with Gasteiger partial charge in [-0.05, 0) is 13.8 Å². The highest BCUT2D eigenvalue weighted by Crippen LogP contribution is 1.91. The molecule has 0 heterocycles. The van der Waals surface area contributed by atoms with Gasteiger partial charge in [-0.15, -0.1) is 0 Å². The molecular formula is C8H16O3. The summed E-state index contributed by atoms with van der Waals surface area (Å²) in [7, 11) is 1.39. The maximum absolute atomic E-state index is 10.3. The summed E-state index contributed by atoms with van der Waals surface area (Å²) in [6, 6.07) is 0. The van der Waals surface area contributed by atoms with Crippen molar-refractivity contribution >= 4 is 11.8 Å². The first-order valence-electron chi connectivity index (χ1n) is 3.46. The second-order valence-corrected chi connectivity index (χ2v) is 2.59. The first kappa shape index (κ1) is 12.8.